The van der Waals surface area contributed by atoms with Crippen molar-refractivity contribution in [1.29, 1.82) is 0 Å². The molecule has 0 radical (unpaired) electrons. The lowest BCUT2D eigenvalue weighted by molar-refractivity contribution is 1.28. The number of thiazole rings is 1. The molecule has 106 valence electrons. The van der Waals surface area contributed by atoms with Gasteiger partial charge in [0.2, 0.25) is 5.13 Å². The topological polar surface area (TPSA) is 37.3 Å². The SMILES string of the molecule is C/C(=N/Nc1nc2ccccc2s1)c1ccc(C)cc1C. The van der Waals surface area contributed by atoms with Gasteiger partial charge in [-0.3, -0.25) is 5.43 Å². The van der Waals surface area contributed by atoms with Gasteiger partial charge in [0.25, 0.3) is 0 Å². The number of fused-ring (bicyclic) bond motifs is 1. The predicted molar refractivity (Wildman–Crippen MR) is 91.4 cm³/mol. The van der Waals surface area contributed by atoms with E-state index in [4.69, 9.17) is 0 Å². The fourth-order valence-electron chi connectivity index (χ4n) is 2.33. The highest BCUT2D eigenvalue weighted by atomic mass is 32.1. The minimum absolute atomic E-state index is 0.820. The number of nitrogens with one attached hydrogen (secondary N) is 1. The monoisotopic (exact) mass is 295 g/mol. The van der Waals surface area contributed by atoms with E-state index in [-0.39, 0.29) is 0 Å². The summed E-state index contributed by atoms with van der Waals surface area (Å²) in [6.07, 6.45) is 0. The molecule has 0 bridgehead atoms. The minimum Gasteiger partial charge on any atom is -0.252 e. The molecule has 3 aromatic rings. The first-order valence-electron chi connectivity index (χ1n) is 6.87. The fourth-order valence-corrected chi connectivity index (χ4v) is 3.14. The van der Waals surface area contributed by atoms with Crippen molar-refractivity contribution >= 4 is 32.4 Å². The van der Waals surface area contributed by atoms with Crippen molar-refractivity contribution in [3.63, 3.8) is 0 Å². The van der Waals surface area contributed by atoms with Crippen molar-refractivity contribution < 1.29 is 0 Å². The number of para-hydroxylation sites is 1. The van der Waals surface area contributed by atoms with E-state index in [1.54, 1.807) is 11.3 Å². The van der Waals surface area contributed by atoms with Gasteiger partial charge in [-0.2, -0.15) is 5.10 Å². The molecule has 1 N–H and O–H groups in total. The molecule has 3 nitrogen and oxygen atoms in total. The zero-order chi connectivity index (χ0) is 14.8. The average Bonchev–Trinajstić information content (AvgIpc) is 2.87. The number of rotatable bonds is 3. The average molecular weight is 295 g/mol. The molecule has 0 spiro atoms. The van der Waals surface area contributed by atoms with Gasteiger partial charge in [0, 0.05) is 5.56 Å². The molecule has 4 heteroatoms. The number of hydrogen-bond donors (Lipinski definition) is 1. The predicted octanol–water partition coefficient (Wildman–Crippen LogP) is 4.75. The van der Waals surface area contributed by atoms with E-state index >= 15 is 0 Å². The highest BCUT2D eigenvalue weighted by Crippen LogP contribution is 2.25. The van der Waals surface area contributed by atoms with Gasteiger partial charge in [-0.15, -0.1) is 0 Å². The summed E-state index contributed by atoms with van der Waals surface area (Å²) in [5.41, 5.74) is 8.70. The first-order valence-corrected chi connectivity index (χ1v) is 7.68. The van der Waals surface area contributed by atoms with Crippen LogP contribution >= 0.6 is 11.3 Å². The molecule has 0 aliphatic rings. The van der Waals surface area contributed by atoms with Crippen LogP contribution in [0.15, 0.2) is 47.6 Å². The van der Waals surface area contributed by atoms with Crippen LogP contribution in [0.1, 0.15) is 23.6 Å². The normalized spacial score (nSPS) is 11.9. The second-order valence-corrected chi connectivity index (χ2v) is 6.14. The molecule has 0 saturated heterocycles. The third-order valence-corrected chi connectivity index (χ3v) is 4.33. The van der Waals surface area contributed by atoms with Gasteiger partial charge in [-0.1, -0.05) is 47.2 Å². The lowest BCUT2D eigenvalue weighted by atomic mass is 10.0. The highest BCUT2D eigenvalue weighted by Gasteiger charge is 2.04. The molecular formula is C17H17N3S. The molecule has 0 amide bonds. The Hall–Kier alpha value is -2.20. The van der Waals surface area contributed by atoms with Crippen LogP contribution in [0.2, 0.25) is 0 Å². The van der Waals surface area contributed by atoms with Crippen LogP contribution < -0.4 is 5.43 Å². The van der Waals surface area contributed by atoms with Gasteiger partial charge in [-0.05, 0) is 38.5 Å². The molecule has 21 heavy (non-hydrogen) atoms. The Labute approximate surface area is 128 Å². The lowest BCUT2D eigenvalue weighted by Gasteiger charge is -2.06. The van der Waals surface area contributed by atoms with Crippen molar-refractivity contribution in [2.45, 2.75) is 20.8 Å². The fraction of sp³-hybridized carbons (Fsp3) is 0.176. The zero-order valence-electron chi connectivity index (χ0n) is 12.3. The second kappa shape index (κ2) is 5.66. The van der Waals surface area contributed by atoms with Gasteiger partial charge in [0.15, 0.2) is 0 Å². The number of nitrogens with zero attached hydrogens (tertiary/aromatic N) is 2. The molecule has 2 aromatic carbocycles. The summed E-state index contributed by atoms with van der Waals surface area (Å²) >= 11 is 1.61. The zero-order valence-corrected chi connectivity index (χ0v) is 13.2. The standard InChI is InChI=1S/C17H17N3S/c1-11-8-9-14(12(2)10-11)13(3)19-20-17-18-15-6-4-5-7-16(15)21-17/h4-10H,1-3H3,(H,18,20)/b19-13-. The summed E-state index contributed by atoms with van der Waals surface area (Å²) in [5, 5.41) is 5.28. The third kappa shape index (κ3) is 2.95. The number of hydrazone groups is 1. The molecule has 1 aromatic heterocycles. The second-order valence-electron chi connectivity index (χ2n) is 5.11. The third-order valence-electron chi connectivity index (χ3n) is 3.38. The van der Waals surface area contributed by atoms with Crippen molar-refractivity contribution in [3.8, 4) is 0 Å². The quantitative estimate of drug-likeness (QED) is 0.559. The minimum atomic E-state index is 0.820. The summed E-state index contributed by atoms with van der Waals surface area (Å²) in [7, 11) is 0. The van der Waals surface area contributed by atoms with E-state index in [9.17, 15) is 0 Å². The van der Waals surface area contributed by atoms with Crippen LogP contribution in [0, 0.1) is 13.8 Å². The van der Waals surface area contributed by atoms with Crippen LogP contribution in [-0.4, -0.2) is 10.7 Å². The van der Waals surface area contributed by atoms with Crippen LogP contribution in [0.25, 0.3) is 10.2 Å². The Balaban J connectivity index is 1.84. The first-order chi connectivity index (χ1) is 10.1. The summed E-state index contributed by atoms with van der Waals surface area (Å²) < 4.78 is 1.17. The lowest BCUT2D eigenvalue weighted by Crippen LogP contribution is -2.02. The number of anilines is 1. The Morgan fingerprint density at radius 1 is 1.14 bits per heavy atom. The smallest absolute Gasteiger partial charge is 0.204 e. The van der Waals surface area contributed by atoms with E-state index in [1.165, 1.54) is 15.8 Å². The van der Waals surface area contributed by atoms with Crippen molar-refractivity contribution in [2.75, 3.05) is 5.43 Å². The van der Waals surface area contributed by atoms with E-state index in [0.717, 1.165) is 21.9 Å². The first kappa shape index (κ1) is 13.8. The largest absolute Gasteiger partial charge is 0.252 e. The van der Waals surface area contributed by atoms with Gasteiger partial charge in [-0.25, -0.2) is 4.98 Å². The Morgan fingerprint density at radius 3 is 2.71 bits per heavy atom. The van der Waals surface area contributed by atoms with Crippen molar-refractivity contribution in [3.05, 3.63) is 59.2 Å². The Bertz CT molecular complexity index is 785. The maximum Gasteiger partial charge on any atom is 0.204 e. The molecule has 0 unspecified atom stereocenters. The highest BCUT2D eigenvalue weighted by molar-refractivity contribution is 7.22. The number of aromatic nitrogens is 1. The van der Waals surface area contributed by atoms with Crippen LogP contribution in [0.3, 0.4) is 0 Å². The molecule has 0 aliphatic heterocycles. The summed E-state index contributed by atoms with van der Waals surface area (Å²) in [6.45, 7) is 6.22. The van der Waals surface area contributed by atoms with E-state index in [0.29, 0.717) is 0 Å². The van der Waals surface area contributed by atoms with Gasteiger partial charge in [0.05, 0.1) is 15.9 Å². The van der Waals surface area contributed by atoms with E-state index < -0.39 is 0 Å². The number of benzene rings is 2. The molecule has 0 aliphatic carbocycles. The number of aryl methyl sites for hydroxylation is 2. The molecule has 3 rings (SSSR count). The summed E-state index contributed by atoms with van der Waals surface area (Å²) in [6, 6.07) is 14.5. The molecule has 0 fully saturated rings. The Morgan fingerprint density at radius 2 is 1.95 bits per heavy atom. The van der Waals surface area contributed by atoms with Gasteiger partial charge in [0.1, 0.15) is 0 Å². The summed E-state index contributed by atoms with van der Waals surface area (Å²) in [4.78, 5) is 4.52. The van der Waals surface area contributed by atoms with Crippen LogP contribution in [-0.2, 0) is 0 Å². The van der Waals surface area contributed by atoms with Gasteiger partial charge >= 0.3 is 0 Å². The maximum atomic E-state index is 4.52. The van der Waals surface area contributed by atoms with Crippen LogP contribution in [0.5, 0.6) is 0 Å². The molecular weight excluding hydrogens is 278 g/mol. The molecule has 1 heterocycles. The van der Waals surface area contributed by atoms with Crippen molar-refractivity contribution in [2.24, 2.45) is 5.10 Å². The van der Waals surface area contributed by atoms with E-state index in [2.05, 4.69) is 53.6 Å². The van der Waals surface area contributed by atoms with Crippen molar-refractivity contribution in [1.82, 2.24) is 4.98 Å². The van der Waals surface area contributed by atoms with Gasteiger partial charge < -0.3 is 0 Å². The number of hydrogen-bond acceptors (Lipinski definition) is 4. The summed E-state index contributed by atoms with van der Waals surface area (Å²) in [5.74, 6) is 0. The maximum absolute atomic E-state index is 4.52. The molecule has 0 atom stereocenters. The van der Waals surface area contributed by atoms with Crippen LogP contribution in [0.4, 0.5) is 5.13 Å². The Kier molecular flexibility index (Phi) is 3.71. The molecule has 0 saturated carbocycles. The van der Waals surface area contributed by atoms with E-state index in [1.807, 2.05) is 25.1 Å².